The largest absolute Gasteiger partial charge is 0.464 e. The molecule has 0 saturated heterocycles. The van der Waals surface area contributed by atoms with Crippen molar-refractivity contribution < 1.29 is 4.42 Å². The molecule has 0 amide bonds. The molecule has 1 aromatic carbocycles. The van der Waals surface area contributed by atoms with Gasteiger partial charge in [-0.05, 0) is 56.0 Å². The lowest BCUT2D eigenvalue weighted by atomic mass is 9.96. The molecule has 0 aliphatic rings. The van der Waals surface area contributed by atoms with Crippen LogP contribution < -0.4 is 0 Å². The molecule has 13 heavy (non-hydrogen) atoms. The Hall–Kier alpha value is -1.24. The van der Waals surface area contributed by atoms with E-state index >= 15 is 0 Å². The fraction of sp³-hybridized carbons (Fsp3) is 0.333. The fourth-order valence-electron chi connectivity index (χ4n) is 1.83. The van der Waals surface area contributed by atoms with E-state index in [1.54, 1.807) is 6.26 Å². The van der Waals surface area contributed by atoms with E-state index in [9.17, 15) is 0 Å². The zero-order chi connectivity index (χ0) is 9.59. The maximum atomic E-state index is 5.47. The van der Waals surface area contributed by atoms with Crippen LogP contribution in [0, 0.1) is 27.7 Å². The number of aryl methyl sites for hydroxylation is 2. The minimum Gasteiger partial charge on any atom is -0.464 e. The van der Waals surface area contributed by atoms with Crippen LogP contribution in [0.15, 0.2) is 16.7 Å². The van der Waals surface area contributed by atoms with Crippen molar-refractivity contribution in [1.29, 1.82) is 0 Å². The van der Waals surface area contributed by atoms with E-state index in [4.69, 9.17) is 4.42 Å². The molecule has 68 valence electrons. The monoisotopic (exact) mass is 174 g/mol. The lowest BCUT2D eigenvalue weighted by molar-refractivity contribution is 0.612. The highest BCUT2D eigenvalue weighted by Crippen LogP contribution is 2.29. The van der Waals surface area contributed by atoms with Crippen LogP contribution in [0.5, 0.6) is 0 Å². The summed E-state index contributed by atoms with van der Waals surface area (Å²) in [5.74, 6) is 0. The first-order valence-corrected chi connectivity index (χ1v) is 4.56. The van der Waals surface area contributed by atoms with Crippen LogP contribution in [0.3, 0.4) is 0 Å². The molecule has 1 heteroatoms. The molecule has 0 bridgehead atoms. The first-order valence-electron chi connectivity index (χ1n) is 4.56. The van der Waals surface area contributed by atoms with Gasteiger partial charge in [-0.25, -0.2) is 0 Å². The first kappa shape index (κ1) is 8.36. The van der Waals surface area contributed by atoms with E-state index in [0.29, 0.717) is 0 Å². The lowest BCUT2D eigenvalue weighted by Crippen LogP contribution is -1.91. The van der Waals surface area contributed by atoms with Crippen LogP contribution in [0.2, 0.25) is 0 Å². The van der Waals surface area contributed by atoms with Crippen LogP contribution >= 0.6 is 0 Å². The van der Waals surface area contributed by atoms with Crippen molar-refractivity contribution in [3.05, 3.63) is 34.6 Å². The van der Waals surface area contributed by atoms with Crippen molar-refractivity contribution in [2.45, 2.75) is 27.7 Å². The molecule has 0 aliphatic heterocycles. The van der Waals surface area contributed by atoms with E-state index < -0.39 is 0 Å². The number of furan rings is 1. The molecule has 0 fully saturated rings. The second-order valence-corrected chi connectivity index (χ2v) is 3.66. The Labute approximate surface area is 78.4 Å². The zero-order valence-corrected chi connectivity index (χ0v) is 8.56. The summed E-state index contributed by atoms with van der Waals surface area (Å²) in [6, 6.07) is 2.05. The van der Waals surface area contributed by atoms with Gasteiger partial charge in [0.2, 0.25) is 0 Å². The molecule has 1 heterocycles. The normalized spacial score (nSPS) is 11.1. The Balaban J connectivity index is 3.02. The second kappa shape index (κ2) is 2.63. The van der Waals surface area contributed by atoms with E-state index in [2.05, 4.69) is 27.7 Å². The van der Waals surface area contributed by atoms with Gasteiger partial charge in [0.1, 0.15) is 5.58 Å². The fourth-order valence-corrected chi connectivity index (χ4v) is 1.83. The van der Waals surface area contributed by atoms with Crippen molar-refractivity contribution in [3.8, 4) is 0 Å². The molecule has 0 N–H and O–H groups in total. The average molecular weight is 174 g/mol. The molecule has 0 saturated carbocycles. The zero-order valence-electron chi connectivity index (χ0n) is 8.56. The molecule has 1 aromatic heterocycles. The van der Waals surface area contributed by atoms with Crippen LogP contribution in [-0.2, 0) is 0 Å². The van der Waals surface area contributed by atoms with Crippen molar-refractivity contribution in [2.75, 3.05) is 0 Å². The topological polar surface area (TPSA) is 13.1 Å². The van der Waals surface area contributed by atoms with Gasteiger partial charge in [0, 0.05) is 5.39 Å². The summed E-state index contributed by atoms with van der Waals surface area (Å²) in [5, 5.41) is 1.25. The minimum atomic E-state index is 1.04. The molecule has 0 radical (unpaired) electrons. The van der Waals surface area contributed by atoms with Crippen molar-refractivity contribution >= 4 is 11.0 Å². The second-order valence-electron chi connectivity index (χ2n) is 3.66. The molecule has 0 aliphatic carbocycles. The van der Waals surface area contributed by atoms with Gasteiger partial charge in [0.25, 0.3) is 0 Å². The predicted molar refractivity (Wildman–Crippen MR) is 55.2 cm³/mol. The third-order valence-electron chi connectivity index (χ3n) is 3.10. The molecule has 1 nitrogen and oxygen atoms in total. The first-order chi connectivity index (χ1) is 6.13. The summed E-state index contributed by atoms with van der Waals surface area (Å²) in [7, 11) is 0. The van der Waals surface area contributed by atoms with Gasteiger partial charge in [0.15, 0.2) is 0 Å². The van der Waals surface area contributed by atoms with Crippen LogP contribution in [0.1, 0.15) is 22.3 Å². The molecule has 0 unspecified atom stereocenters. The molecule has 0 spiro atoms. The Bertz CT molecular complexity index is 421. The van der Waals surface area contributed by atoms with Crippen molar-refractivity contribution in [2.24, 2.45) is 0 Å². The molecule has 2 rings (SSSR count). The standard InChI is InChI=1S/C12H14O/c1-7-8(2)10(4)12-11(9(7)3)5-6-13-12/h5-6H,1-4H3. The summed E-state index contributed by atoms with van der Waals surface area (Å²) >= 11 is 0. The maximum Gasteiger partial charge on any atom is 0.137 e. The predicted octanol–water partition coefficient (Wildman–Crippen LogP) is 3.67. The van der Waals surface area contributed by atoms with Gasteiger partial charge in [-0.1, -0.05) is 0 Å². The SMILES string of the molecule is Cc1c(C)c(C)c2occc2c1C. The highest BCUT2D eigenvalue weighted by Gasteiger charge is 2.10. The lowest BCUT2D eigenvalue weighted by Gasteiger charge is -2.09. The third kappa shape index (κ3) is 0.998. The smallest absolute Gasteiger partial charge is 0.137 e. The van der Waals surface area contributed by atoms with E-state index in [1.807, 2.05) is 6.07 Å². The summed E-state index contributed by atoms with van der Waals surface area (Å²) < 4.78 is 5.47. The third-order valence-corrected chi connectivity index (χ3v) is 3.10. The Morgan fingerprint density at radius 3 is 2.15 bits per heavy atom. The van der Waals surface area contributed by atoms with Crippen LogP contribution in [-0.4, -0.2) is 0 Å². The minimum absolute atomic E-state index is 1.04. The highest BCUT2D eigenvalue weighted by atomic mass is 16.3. The average Bonchev–Trinajstić information content (AvgIpc) is 2.59. The van der Waals surface area contributed by atoms with E-state index in [-0.39, 0.29) is 0 Å². The number of hydrogen-bond acceptors (Lipinski definition) is 1. The number of benzene rings is 1. The van der Waals surface area contributed by atoms with Gasteiger partial charge in [-0.15, -0.1) is 0 Å². The Morgan fingerprint density at radius 2 is 1.46 bits per heavy atom. The molecular weight excluding hydrogens is 160 g/mol. The summed E-state index contributed by atoms with van der Waals surface area (Å²) in [6.45, 7) is 8.59. The maximum absolute atomic E-state index is 5.47. The number of hydrogen-bond donors (Lipinski definition) is 0. The highest BCUT2D eigenvalue weighted by molar-refractivity contribution is 5.86. The van der Waals surface area contributed by atoms with E-state index in [0.717, 1.165) is 5.58 Å². The van der Waals surface area contributed by atoms with Gasteiger partial charge in [0.05, 0.1) is 6.26 Å². The summed E-state index contributed by atoms with van der Waals surface area (Å²) in [4.78, 5) is 0. The molecule has 0 atom stereocenters. The van der Waals surface area contributed by atoms with E-state index in [1.165, 1.54) is 27.6 Å². The van der Waals surface area contributed by atoms with Crippen LogP contribution in [0.4, 0.5) is 0 Å². The van der Waals surface area contributed by atoms with Crippen molar-refractivity contribution in [3.63, 3.8) is 0 Å². The van der Waals surface area contributed by atoms with Gasteiger partial charge in [-0.2, -0.15) is 0 Å². The Morgan fingerprint density at radius 1 is 0.846 bits per heavy atom. The van der Waals surface area contributed by atoms with Gasteiger partial charge < -0.3 is 4.42 Å². The molecule has 2 aromatic rings. The van der Waals surface area contributed by atoms with Gasteiger partial charge >= 0.3 is 0 Å². The molecular formula is C12H14O. The summed E-state index contributed by atoms with van der Waals surface area (Å²) in [6.07, 6.45) is 1.77. The number of fused-ring (bicyclic) bond motifs is 1. The number of rotatable bonds is 0. The summed E-state index contributed by atoms with van der Waals surface area (Å²) in [5.41, 5.74) is 6.38. The van der Waals surface area contributed by atoms with Crippen LogP contribution in [0.25, 0.3) is 11.0 Å². The van der Waals surface area contributed by atoms with Gasteiger partial charge in [-0.3, -0.25) is 0 Å². The van der Waals surface area contributed by atoms with Crippen molar-refractivity contribution in [1.82, 2.24) is 0 Å². The quantitative estimate of drug-likeness (QED) is 0.594. The Kier molecular flexibility index (Phi) is 1.69.